The van der Waals surface area contributed by atoms with Crippen LogP contribution in [0.5, 0.6) is 0 Å². The van der Waals surface area contributed by atoms with E-state index in [0.29, 0.717) is 0 Å². The monoisotopic (exact) mass is 230 g/mol. The van der Waals surface area contributed by atoms with Gasteiger partial charge in [0.1, 0.15) is 0 Å². The largest absolute Gasteiger partial charge is 0.197 e. The summed E-state index contributed by atoms with van der Waals surface area (Å²) in [5.74, 6) is 0. The van der Waals surface area contributed by atoms with Crippen molar-refractivity contribution in [1.29, 1.82) is 0 Å². The van der Waals surface area contributed by atoms with Crippen LogP contribution >= 0.6 is 13.5 Å². The standard InChI is InChI=1S/H2O4Te.H2S/c1-5(2,3)4;/h(H2,1,2,3,4);1H2. The van der Waals surface area contributed by atoms with Gasteiger partial charge in [-0.3, -0.25) is 0 Å². The summed E-state index contributed by atoms with van der Waals surface area (Å²) in [6.45, 7) is 0. The van der Waals surface area contributed by atoms with Gasteiger partial charge in [0.05, 0.1) is 0 Å². The molecule has 0 bridgehead atoms. The van der Waals surface area contributed by atoms with Crippen LogP contribution in [0.2, 0.25) is 0 Å². The van der Waals surface area contributed by atoms with E-state index in [0.717, 1.165) is 0 Å². The SMILES string of the molecule is O=[Te](=O)(O)O.S. The van der Waals surface area contributed by atoms with Crippen LogP contribution in [0.15, 0.2) is 0 Å². The second-order valence-corrected chi connectivity index (χ2v) is 3.00. The van der Waals surface area contributed by atoms with E-state index in [-0.39, 0.29) is 13.5 Å². The molecule has 0 rings (SSSR count). The maximum atomic E-state index is 8.85. The Morgan fingerprint density at radius 2 is 1.17 bits per heavy atom. The molecule has 0 amide bonds. The summed E-state index contributed by atoms with van der Waals surface area (Å²) in [7, 11) is 0. The number of hydrogen-bond acceptors (Lipinski definition) is 2. The Hall–Kier alpha value is 0.660. The van der Waals surface area contributed by atoms with Crippen molar-refractivity contribution in [3.05, 3.63) is 0 Å². The van der Waals surface area contributed by atoms with E-state index in [1.165, 1.54) is 0 Å². The van der Waals surface area contributed by atoms with Gasteiger partial charge in [-0.25, -0.2) is 0 Å². The van der Waals surface area contributed by atoms with Gasteiger partial charge < -0.3 is 0 Å². The van der Waals surface area contributed by atoms with Crippen LogP contribution < -0.4 is 0 Å². The van der Waals surface area contributed by atoms with Crippen molar-refractivity contribution in [2.75, 3.05) is 0 Å². The molecule has 0 aliphatic heterocycles. The minimum absolute atomic E-state index is 0. The second-order valence-electron chi connectivity index (χ2n) is 0.448. The molecular formula is H4O4STe. The van der Waals surface area contributed by atoms with Crippen LogP contribution in [0.1, 0.15) is 0 Å². The van der Waals surface area contributed by atoms with Gasteiger partial charge in [-0.1, -0.05) is 0 Å². The molecule has 0 saturated carbocycles. The third kappa shape index (κ3) is 143. The molecule has 0 radical (unpaired) electrons. The van der Waals surface area contributed by atoms with Gasteiger partial charge in [-0.05, 0) is 0 Å². The van der Waals surface area contributed by atoms with Crippen LogP contribution in [0.4, 0.5) is 0 Å². The van der Waals surface area contributed by atoms with Gasteiger partial charge in [0.2, 0.25) is 0 Å². The maximum Gasteiger partial charge on any atom is -0.197 e. The first-order chi connectivity index (χ1) is 2.00. The third-order valence-electron chi connectivity index (χ3n) is 0. The molecule has 0 aromatic carbocycles. The van der Waals surface area contributed by atoms with Crippen molar-refractivity contribution in [3.8, 4) is 0 Å². The molecule has 0 aliphatic carbocycles. The van der Waals surface area contributed by atoms with E-state index < -0.39 is 19.0 Å². The number of rotatable bonds is 0. The zero-order valence-corrected chi connectivity index (χ0v) is 5.95. The first-order valence-electron chi connectivity index (χ1n) is 0.698. The molecule has 40 valence electrons. The Labute approximate surface area is 45.9 Å². The Kier molecular flexibility index (Phi) is 4.54. The summed E-state index contributed by atoms with van der Waals surface area (Å²) in [6, 6.07) is 0. The summed E-state index contributed by atoms with van der Waals surface area (Å²) in [6.07, 6.45) is 0. The van der Waals surface area contributed by atoms with Gasteiger partial charge in [-0.15, -0.1) is 0 Å². The van der Waals surface area contributed by atoms with Gasteiger partial charge in [0, 0.05) is 0 Å². The molecule has 4 nitrogen and oxygen atoms in total. The Morgan fingerprint density at radius 3 is 1.17 bits per heavy atom. The Bertz CT molecular complexity index is 90.7. The molecule has 6 heteroatoms. The van der Waals surface area contributed by atoms with Crippen molar-refractivity contribution in [1.82, 2.24) is 0 Å². The first-order valence-corrected chi connectivity index (χ1v) is 4.69. The molecule has 0 heterocycles. The first kappa shape index (κ1) is 9.82. The van der Waals surface area contributed by atoms with E-state index in [1.807, 2.05) is 0 Å². The van der Waals surface area contributed by atoms with Gasteiger partial charge in [0.15, 0.2) is 0 Å². The molecule has 0 saturated heterocycles. The van der Waals surface area contributed by atoms with E-state index in [1.54, 1.807) is 0 Å². The predicted molar refractivity (Wildman–Crippen MR) is 21.9 cm³/mol. The minimum atomic E-state index is -5.52. The predicted octanol–water partition coefficient (Wildman–Crippen LogP) is -1.62. The van der Waals surface area contributed by atoms with Crippen molar-refractivity contribution < 1.29 is 13.2 Å². The van der Waals surface area contributed by atoms with E-state index >= 15 is 0 Å². The third-order valence-corrected chi connectivity index (χ3v) is 0. The van der Waals surface area contributed by atoms with Gasteiger partial charge >= 0.3 is 32.1 Å². The van der Waals surface area contributed by atoms with Gasteiger partial charge in [-0.2, -0.15) is 13.5 Å². The Balaban J connectivity index is 0. The normalized spacial score (nSPS) is 9.67. The molecular weight excluding hydrogens is 224 g/mol. The Morgan fingerprint density at radius 1 is 1.17 bits per heavy atom. The average molecular weight is 228 g/mol. The van der Waals surface area contributed by atoms with Crippen LogP contribution in [-0.2, 0) is 6.21 Å². The molecule has 0 fully saturated rings. The topological polar surface area (TPSA) is 74.6 Å². The molecule has 0 spiro atoms. The van der Waals surface area contributed by atoms with E-state index in [2.05, 4.69) is 0 Å². The summed E-state index contributed by atoms with van der Waals surface area (Å²) >= 11 is -5.52. The molecule has 6 heavy (non-hydrogen) atoms. The van der Waals surface area contributed by atoms with Crippen LogP contribution in [0, 0.1) is 0 Å². The van der Waals surface area contributed by atoms with E-state index in [9.17, 15) is 0 Å². The summed E-state index contributed by atoms with van der Waals surface area (Å²) in [5.41, 5.74) is 0. The fourth-order valence-corrected chi connectivity index (χ4v) is 0. The molecule has 0 aliphatic rings. The summed E-state index contributed by atoms with van der Waals surface area (Å²) < 4.78 is 32.0. The molecule has 0 aromatic rings. The van der Waals surface area contributed by atoms with Crippen LogP contribution in [-0.4, -0.2) is 25.9 Å². The second kappa shape index (κ2) is 2.77. The van der Waals surface area contributed by atoms with Crippen LogP contribution in [0.3, 0.4) is 0 Å². The van der Waals surface area contributed by atoms with E-state index in [4.69, 9.17) is 13.2 Å². The molecule has 2 N–H and O–H groups in total. The van der Waals surface area contributed by atoms with Crippen molar-refractivity contribution in [2.24, 2.45) is 0 Å². The van der Waals surface area contributed by atoms with Crippen molar-refractivity contribution in [3.63, 3.8) is 0 Å². The average Bonchev–Trinajstić information content (AvgIpc) is 0.722. The molecule has 0 atom stereocenters. The van der Waals surface area contributed by atoms with Crippen molar-refractivity contribution >= 4 is 32.5 Å². The quantitative estimate of drug-likeness (QED) is 0.488. The summed E-state index contributed by atoms with van der Waals surface area (Å²) in [5, 5.41) is 0. The zero-order chi connectivity index (χ0) is 4.50. The molecule has 0 aromatic heterocycles. The fourth-order valence-electron chi connectivity index (χ4n) is 0. The number of hydrogen-bond donors (Lipinski definition) is 2. The summed E-state index contributed by atoms with van der Waals surface area (Å²) in [4.78, 5) is 0. The molecule has 0 unspecified atom stereocenters. The maximum absolute atomic E-state index is 8.85. The fraction of sp³-hybridized carbons (Fsp3) is 0. The van der Waals surface area contributed by atoms with Crippen molar-refractivity contribution in [2.45, 2.75) is 0 Å². The minimum Gasteiger partial charge on any atom is -0.197 e. The smallest absolute Gasteiger partial charge is 0.197 e. The van der Waals surface area contributed by atoms with Crippen LogP contribution in [0.25, 0.3) is 0 Å². The zero-order valence-electron chi connectivity index (χ0n) is 2.62. The van der Waals surface area contributed by atoms with Gasteiger partial charge in [0.25, 0.3) is 0 Å².